The molecule has 8 heteroatoms. The van der Waals surface area contributed by atoms with Gasteiger partial charge in [0.05, 0.1) is 11.0 Å². The van der Waals surface area contributed by atoms with Gasteiger partial charge in [0, 0.05) is 29.7 Å². The molecule has 128 valence electrons. The number of fused-ring (bicyclic) bond motifs is 1. The van der Waals surface area contributed by atoms with E-state index in [0.717, 1.165) is 17.0 Å². The fourth-order valence-electron chi connectivity index (χ4n) is 2.58. The van der Waals surface area contributed by atoms with Crippen LogP contribution in [0.25, 0.3) is 5.65 Å². The minimum absolute atomic E-state index is 0.0663. The summed E-state index contributed by atoms with van der Waals surface area (Å²) in [5.74, 6) is 0.229. The van der Waals surface area contributed by atoms with Gasteiger partial charge in [-0.15, -0.1) is 0 Å². The van der Waals surface area contributed by atoms with Crippen LogP contribution in [0.1, 0.15) is 24.4 Å². The van der Waals surface area contributed by atoms with E-state index in [4.69, 9.17) is 4.74 Å². The molecule has 3 aromatic rings. The molecule has 0 saturated carbocycles. The van der Waals surface area contributed by atoms with Gasteiger partial charge in [0.25, 0.3) is 5.69 Å². The van der Waals surface area contributed by atoms with Crippen molar-refractivity contribution in [2.75, 3.05) is 0 Å². The van der Waals surface area contributed by atoms with Gasteiger partial charge in [-0.2, -0.15) is 0 Å². The summed E-state index contributed by atoms with van der Waals surface area (Å²) in [6, 6.07) is 10.7. The van der Waals surface area contributed by atoms with Gasteiger partial charge in [-0.25, -0.2) is 9.78 Å². The van der Waals surface area contributed by atoms with Gasteiger partial charge in [-0.3, -0.25) is 14.5 Å². The van der Waals surface area contributed by atoms with Crippen molar-refractivity contribution in [2.24, 2.45) is 0 Å². The highest BCUT2D eigenvalue weighted by Gasteiger charge is 2.15. The molecule has 3 rings (SSSR count). The van der Waals surface area contributed by atoms with Crippen LogP contribution in [0, 0.1) is 17.0 Å². The van der Waals surface area contributed by atoms with Crippen LogP contribution in [0.2, 0.25) is 0 Å². The third-order valence-electron chi connectivity index (χ3n) is 3.77. The molecule has 1 atom stereocenters. The van der Waals surface area contributed by atoms with E-state index in [9.17, 15) is 14.9 Å². The molecule has 0 saturated heterocycles. The van der Waals surface area contributed by atoms with E-state index < -0.39 is 11.0 Å². The Kier molecular flexibility index (Phi) is 4.34. The summed E-state index contributed by atoms with van der Waals surface area (Å²) in [5, 5.41) is 13.4. The lowest BCUT2D eigenvalue weighted by Crippen LogP contribution is -2.30. The van der Waals surface area contributed by atoms with Crippen LogP contribution >= 0.6 is 0 Å². The van der Waals surface area contributed by atoms with E-state index >= 15 is 0 Å². The molecule has 0 bridgehead atoms. The molecule has 2 heterocycles. The second-order valence-corrected chi connectivity index (χ2v) is 5.55. The zero-order valence-electron chi connectivity index (χ0n) is 13.7. The Morgan fingerprint density at radius 3 is 2.68 bits per heavy atom. The molecule has 0 fully saturated rings. The second-order valence-electron chi connectivity index (χ2n) is 5.55. The minimum Gasteiger partial charge on any atom is -0.410 e. The lowest BCUT2D eigenvalue weighted by atomic mass is 10.2. The van der Waals surface area contributed by atoms with Crippen molar-refractivity contribution in [3.63, 3.8) is 0 Å². The van der Waals surface area contributed by atoms with Crippen LogP contribution in [0.15, 0.2) is 48.7 Å². The van der Waals surface area contributed by atoms with Crippen LogP contribution in [0.3, 0.4) is 0 Å². The highest BCUT2D eigenvalue weighted by atomic mass is 16.6. The number of non-ortho nitro benzene ring substituents is 1. The summed E-state index contributed by atoms with van der Waals surface area (Å²) < 4.78 is 7.12. The smallest absolute Gasteiger partial charge is 0.410 e. The lowest BCUT2D eigenvalue weighted by molar-refractivity contribution is -0.384. The number of rotatable bonds is 4. The summed E-state index contributed by atoms with van der Waals surface area (Å²) in [7, 11) is 0. The number of aromatic nitrogens is 2. The Morgan fingerprint density at radius 2 is 2.00 bits per heavy atom. The van der Waals surface area contributed by atoms with Crippen LogP contribution in [0.5, 0.6) is 5.75 Å². The fourth-order valence-corrected chi connectivity index (χ4v) is 2.58. The Bertz CT molecular complexity index is 933. The Hall–Kier alpha value is -3.42. The number of nitrogens with one attached hydrogen (secondary N) is 1. The quantitative estimate of drug-likeness (QED) is 0.580. The van der Waals surface area contributed by atoms with Crippen LogP contribution in [-0.4, -0.2) is 20.4 Å². The van der Waals surface area contributed by atoms with Gasteiger partial charge in [0.2, 0.25) is 0 Å². The normalized spacial score (nSPS) is 11.9. The predicted octanol–water partition coefficient (Wildman–Crippen LogP) is 3.40. The summed E-state index contributed by atoms with van der Waals surface area (Å²) in [5.41, 5.74) is 2.56. The van der Waals surface area contributed by atoms with Crippen molar-refractivity contribution in [1.82, 2.24) is 14.7 Å². The number of nitro benzene ring substituents is 1. The van der Waals surface area contributed by atoms with E-state index in [0.29, 0.717) is 0 Å². The Balaban J connectivity index is 1.71. The van der Waals surface area contributed by atoms with Gasteiger partial charge < -0.3 is 10.1 Å². The van der Waals surface area contributed by atoms with Gasteiger partial charge in [0.15, 0.2) is 0 Å². The third kappa shape index (κ3) is 3.42. The maximum absolute atomic E-state index is 12.1. The number of nitro groups is 1. The average Bonchev–Trinajstić information content (AvgIpc) is 2.96. The van der Waals surface area contributed by atoms with Crippen molar-refractivity contribution >= 4 is 17.4 Å². The van der Waals surface area contributed by atoms with Gasteiger partial charge >= 0.3 is 6.09 Å². The number of pyridine rings is 1. The SMILES string of the molecule is Cc1cnc2cccc(C(C)NC(=O)Oc3ccc([N+](=O)[O-])cc3)n12. The Morgan fingerprint density at radius 1 is 1.28 bits per heavy atom. The van der Waals surface area contributed by atoms with Crippen molar-refractivity contribution in [2.45, 2.75) is 19.9 Å². The van der Waals surface area contributed by atoms with E-state index in [1.807, 2.05) is 36.4 Å². The monoisotopic (exact) mass is 340 g/mol. The molecule has 1 aromatic carbocycles. The molecule has 0 aliphatic rings. The van der Waals surface area contributed by atoms with Crippen LogP contribution in [-0.2, 0) is 0 Å². The van der Waals surface area contributed by atoms with Crippen molar-refractivity contribution in [3.8, 4) is 5.75 Å². The van der Waals surface area contributed by atoms with E-state index in [-0.39, 0.29) is 17.5 Å². The minimum atomic E-state index is -0.642. The highest BCUT2D eigenvalue weighted by molar-refractivity contribution is 5.71. The molecule has 1 unspecified atom stereocenters. The summed E-state index contributed by atoms with van der Waals surface area (Å²) in [6.45, 7) is 3.77. The molecule has 1 amide bonds. The molecule has 1 N–H and O–H groups in total. The Labute approximate surface area is 143 Å². The highest BCUT2D eigenvalue weighted by Crippen LogP contribution is 2.19. The first-order valence-corrected chi connectivity index (χ1v) is 7.61. The lowest BCUT2D eigenvalue weighted by Gasteiger charge is -2.16. The van der Waals surface area contributed by atoms with E-state index in [2.05, 4.69) is 10.3 Å². The molecule has 0 aliphatic heterocycles. The average molecular weight is 340 g/mol. The van der Waals surface area contributed by atoms with E-state index in [1.54, 1.807) is 6.20 Å². The number of nitrogens with zero attached hydrogens (tertiary/aromatic N) is 3. The first-order valence-electron chi connectivity index (χ1n) is 7.61. The first-order chi connectivity index (χ1) is 12.0. The van der Waals surface area contributed by atoms with Crippen LogP contribution < -0.4 is 10.1 Å². The largest absolute Gasteiger partial charge is 0.413 e. The predicted molar refractivity (Wildman–Crippen MR) is 90.6 cm³/mol. The molecule has 0 spiro atoms. The van der Waals surface area contributed by atoms with Crippen molar-refractivity contribution in [3.05, 3.63) is 70.2 Å². The van der Waals surface area contributed by atoms with Gasteiger partial charge in [-0.1, -0.05) is 6.07 Å². The zero-order chi connectivity index (χ0) is 18.0. The number of hydrogen-bond acceptors (Lipinski definition) is 5. The number of amides is 1. The standard InChI is InChI=1S/C17H16N4O4/c1-11-10-18-16-5-3-4-15(20(11)16)12(2)19-17(22)25-14-8-6-13(7-9-14)21(23)24/h3-10,12H,1-2H3,(H,19,22). The van der Waals surface area contributed by atoms with Crippen LogP contribution in [0.4, 0.5) is 10.5 Å². The van der Waals surface area contributed by atoms with Crippen molar-refractivity contribution in [1.29, 1.82) is 0 Å². The summed E-state index contributed by atoms with van der Waals surface area (Å²) >= 11 is 0. The molecule has 2 aromatic heterocycles. The first kappa shape index (κ1) is 16.4. The zero-order valence-corrected chi connectivity index (χ0v) is 13.7. The van der Waals surface area contributed by atoms with Crippen molar-refractivity contribution < 1.29 is 14.5 Å². The van der Waals surface area contributed by atoms with Gasteiger partial charge in [0.1, 0.15) is 11.4 Å². The topological polar surface area (TPSA) is 98.8 Å². The summed E-state index contributed by atoms with van der Waals surface area (Å²) in [6.07, 6.45) is 1.12. The molecular formula is C17H16N4O4. The maximum Gasteiger partial charge on any atom is 0.413 e. The van der Waals surface area contributed by atoms with E-state index in [1.165, 1.54) is 24.3 Å². The molecule has 0 aliphatic carbocycles. The molecule has 8 nitrogen and oxygen atoms in total. The number of aryl methyl sites for hydroxylation is 1. The molecule has 25 heavy (non-hydrogen) atoms. The molecule has 0 radical (unpaired) electrons. The second kappa shape index (κ2) is 6.60. The number of carbonyl (C=O) groups is 1. The molecular weight excluding hydrogens is 324 g/mol. The fraction of sp³-hybridized carbons (Fsp3) is 0.176. The number of imidazole rings is 1. The number of hydrogen-bond donors (Lipinski definition) is 1. The number of ether oxygens (including phenoxy) is 1. The number of benzene rings is 1. The number of carbonyl (C=O) groups excluding carboxylic acids is 1. The summed E-state index contributed by atoms with van der Waals surface area (Å²) in [4.78, 5) is 26.5. The van der Waals surface area contributed by atoms with Gasteiger partial charge in [-0.05, 0) is 38.1 Å². The third-order valence-corrected chi connectivity index (χ3v) is 3.77. The maximum atomic E-state index is 12.1.